The molecule has 1 spiro atoms. The summed E-state index contributed by atoms with van der Waals surface area (Å²) in [5.41, 5.74) is 0.568. The van der Waals surface area contributed by atoms with E-state index in [0.717, 1.165) is 62.8 Å². The van der Waals surface area contributed by atoms with Crippen LogP contribution in [0.3, 0.4) is 0 Å². The molecule has 134 valence electrons. The van der Waals surface area contributed by atoms with Gasteiger partial charge in [-0.05, 0) is 53.9 Å². The number of aryl methyl sites for hydroxylation is 2. The molecule has 1 atom stereocenters. The summed E-state index contributed by atoms with van der Waals surface area (Å²) in [5.74, 6) is 1.66. The van der Waals surface area contributed by atoms with Crippen LogP contribution in [0.1, 0.15) is 57.4 Å². The van der Waals surface area contributed by atoms with Crippen molar-refractivity contribution >= 4 is 6.09 Å². The van der Waals surface area contributed by atoms with Crippen molar-refractivity contribution < 1.29 is 13.9 Å². The van der Waals surface area contributed by atoms with E-state index in [1.807, 2.05) is 39.5 Å². The minimum atomic E-state index is -0.450. The van der Waals surface area contributed by atoms with Gasteiger partial charge in [0.2, 0.25) is 5.89 Å². The summed E-state index contributed by atoms with van der Waals surface area (Å²) in [6.45, 7) is 12.9. The fourth-order valence-corrected chi connectivity index (χ4v) is 3.66. The standard InChI is InChI=1S/C18H29N3O3/c1-13-14(2)23-15(19-13)11-21-10-8-18(21)7-6-9-20(12-18)16(22)24-17(3,4)5/h6-12H2,1-5H3/t18-/m0/s1. The highest BCUT2D eigenvalue weighted by Gasteiger charge is 2.48. The Hall–Kier alpha value is -1.56. The predicted molar refractivity (Wildman–Crippen MR) is 90.8 cm³/mol. The van der Waals surface area contributed by atoms with Gasteiger partial charge in [0, 0.05) is 25.2 Å². The summed E-state index contributed by atoms with van der Waals surface area (Å²) >= 11 is 0. The Bertz CT molecular complexity index is 600. The van der Waals surface area contributed by atoms with Crippen molar-refractivity contribution in [2.45, 2.75) is 71.6 Å². The molecule has 0 unspecified atom stereocenters. The first-order chi connectivity index (χ1) is 11.2. The van der Waals surface area contributed by atoms with E-state index >= 15 is 0 Å². The molecule has 1 aromatic rings. The zero-order valence-corrected chi connectivity index (χ0v) is 15.5. The lowest BCUT2D eigenvalue weighted by atomic mass is 9.77. The third kappa shape index (κ3) is 3.43. The fourth-order valence-electron chi connectivity index (χ4n) is 3.66. The van der Waals surface area contributed by atoms with Gasteiger partial charge in [-0.1, -0.05) is 0 Å². The van der Waals surface area contributed by atoms with E-state index in [0.29, 0.717) is 0 Å². The van der Waals surface area contributed by atoms with Gasteiger partial charge in [-0.15, -0.1) is 0 Å². The lowest BCUT2D eigenvalue weighted by Gasteiger charge is -2.56. The number of carbonyl (C=O) groups is 1. The van der Waals surface area contributed by atoms with Gasteiger partial charge >= 0.3 is 6.09 Å². The number of amides is 1. The number of nitrogens with zero attached hydrogens (tertiary/aromatic N) is 3. The Balaban J connectivity index is 1.65. The number of likely N-dealkylation sites (tertiary alicyclic amines) is 2. The van der Waals surface area contributed by atoms with Crippen molar-refractivity contribution in [3.8, 4) is 0 Å². The molecule has 2 fully saturated rings. The van der Waals surface area contributed by atoms with Crippen LogP contribution < -0.4 is 0 Å². The topological polar surface area (TPSA) is 58.8 Å². The van der Waals surface area contributed by atoms with Crippen LogP contribution >= 0.6 is 0 Å². The number of carbonyl (C=O) groups excluding carboxylic acids is 1. The van der Waals surface area contributed by atoms with Crippen LogP contribution in [0.5, 0.6) is 0 Å². The second-order valence-electron chi connectivity index (χ2n) is 8.15. The Morgan fingerprint density at radius 1 is 1.29 bits per heavy atom. The Labute approximate surface area is 144 Å². The SMILES string of the molecule is Cc1nc(CN2CC[C@]23CCCN(C(=O)OC(C)(C)C)C3)oc1C. The first-order valence-corrected chi connectivity index (χ1v) is 8.84. The molecule has 0 radical (unpaired) electrons. The van der Waals surface area contributed by atoms with Crippen molar-refractivity contribution in [2.24, 2.45) is 0 Å². The van der Waals surface area contributed by atoms with Gasteiger partial charge in [0.15, 0.2) is 0 Å². The molecule has 0 N–H and O–H groups in total. The zero-order valence-electron chi connectivity index (χ0n) is 15.5. The molecule has 6 nitrogen and oxygen atoms in total. The molecule has 2 aliphatic heterocycles. The van der Waals surface area contributed by atoms with Crippen LogP contribution in [0.25, 0.3) is 0 Å². The van der Waals surface area contributed by atoms with Crippen LogP contribution in [-0.2, 0) is 11.3 Å². The second-order valence-corrected chi connectivity index (χ2v) is 8.15. The average molecular weight is 335 g/mol. The molecular weight excluding hydrogens is 306 g/mol. The molecule has 6 heteroatoms. The van der Waals surface area contributed by atoms with Gasteiger partial charge in [0.05, 0.1) is 12.2 Å². The van der Waals surface area contributed by atoms with E-state index in [-0.39, 0.29) is 11.6 Å². The normalized spacial score (nSPS) is 25.0. The van der Waals surface area contributed by atoms with E-state index in [1.54, 1.807) is 0 Å². The fraction of sp³-hybridized carbons (Fsp3) is 0.778. The maximum atomic E-state index is 12.4. The molecule has 3 heterocycles. The van der Waals surface area contributed by atoms with Crippen LogP contribution in [0.4, 0.5) is 4.79 Å². The van der Waals surface area contributed by atoms with E-state index in [2.05, 4.69) is 9.88 Å². The molecule has 0 saturated carbocycles. The smallest absolute Gasteiger partial charge is 0.410 e. The molecule has 0 aliphatic carbocycles. The maximum Gasteiger partial charge on any atom is 0.410 e. The van der Waals surface area contributed by atoms with Gasteiger partial charge < -0.3 is 14.1 Å². The highest BCUT2D eigenvalue weighted by atomic mass is 16.6. The molecule has 0 aromatic carbocycles. The summed E-state index contributed by atoms with van der Waals surface area (Å²) in [7, 11) is 0. The number of oxazole rings is 1. The summed E-state index contributed by atoms with van der Waals surface area (Å²) in [6, 6.07) is 0. The minimum Gasteiger partial charge on any atom is -0.444 e. The van der Waals surface area contributed by atoms with Crippen LogP contribution in [0.2, 0.25) is 0 Å². The first-order valence-electron chi connectivity index (χ1n) is 8.84. The van der Waals surface area contributed by atoms with Crippen molar-refractivity contribution in [2.75, 3.05) is 19.6 Å². The quantitative estimate of drug-likeness (QED) is 0.830. The Morgan fingerprint density at radius 2 is 2.04 bits per heavy atom. The molecule has 2 saturated heterocycles. The summed E-state index contributed by atoms with van der Waals surface area (Å²) in [4.78, 5) is 21.2. The monoisotopic (exact) mass is 335 g/mol. The molecular formula is C18H29N3O3. The van der Waals surface area contributed by atoms with Crippen molar-refractivity contribution in [3.63, 3.8) is 0 Å². The van der Waals surface area contributed by atoms with Crippen LogP contribution in [0, 0.1) is 13.8 Å². The number of rotatable bonds is 2. The number of hydrogen-bond donors (Lipinski definition) is 0. The maximum absolute atomic E-state index is 12.4. The Morgan fingerprint density at radius 3 is 2.58 bits per heavy atom. The molecule has 2 aliphatic rings. The zero-order chi connectivity index (χ0) is 17.5. The molecule has 24 heavy (non-hydrogen) atoms. The van der Waals surface area contributed by atoms with Crippen molar-refractivity contribution in [1.29, 1.82) is 0 Å². The molecule has 3 rings (SSSR count). The van der Waals surface area contributed by atoms with E-state index in [9.17, 15) is 4.79 Å². The summed E-state index contributed by atoms with van der Waals surface area (Å²) in [6.07, 6.45) is 3.05. The number of piperidine rings is 1. The van der Waals surface area contributed by atoms with Gasteiger partial charge in [0.1, 0.15) is 11.4 Å². The van der Waals surface area contributed by atoms with E-state index in [4.69, 9.17) is 9.15 Å². The van der Waals surface area contributed by atoms with Gasteiger partial charge in [-0.25, -0.2) is 9.78 Å². The highest BCUT2D eigenvalue weighted by Crippen LogP contribution is 2.40. The lowest BCUT2D eigenvalue weighted by molar-refractivity contribution is -0.0778. The van der Waals surface area contributed by atoms with Gasteiger partial charge in [-0.3, -0.25) is 4.90 Å². The largest absolute Gasteiger partial charge is 0.444 e. The summed E-state index contributed by atoms with van der Waals surface area (Å²) in [5, 5.41) is 0. The first kappa shape index (κ1) is 17.3. The van der Waals surface area contributed by atoms with E-state index < -0.39 is 5.60 Å². The predicted octanol–water partition coefficient (Wildman–Crippen LogP) is 3.27. The average Bonchev–Trinajstić information content (AvgIpc) is 2.81. The highest BCUT2D eigenvalue weighted by molar-refractivity contribution is 5.68. The van der Waals surface area contributed by atoms with Crippen molar-refractivity contribution in [1.82, 2.24) is 14.8 Å². The Kier molecular flexibility index (Phi) is 4.36. The molecule has 1 amide bonds. The number of ether oxygens (including phenoxy) is 1. The van der Waals surface area contributed by atoms with Gasteiger partial charge in [0.25, 0.3) is 0 Å². The molecule has 1 aromatic heterocycles. The summed E-state index contributed by atoms with van der Waals surface area (Å²) < 4.78 is 11.3. The molecule has 0 bridgehead atoms. The van der Waals surface area contributed by atoms with E-state index in [1.165, 1.54) is 0 Å². The van der Waals surface area contributed by atoms with Crippen LogP contribution in [-0.4, -0.2) is 51.7 Å². The number of aromatic nitrogens is 1. The number of hydrogen-bond acceptors (Lipinski definition) is 5. The third-order valence-electron chi connectivity index (χ3n) is 5.12. The second kappa shape index (κ2) is 6.06. The van der Waals surface area contributed by atoms with Crippen molar-refractivity contribution in [3.05, 3.63) is 17.3 Å². The van der Waals surface area contributed by atoms with Gasteiger partial charge in [-0.2, -0.15) is 0 Å². The minimum absolute atomic E-state index is 0.0609. The van der Waals surface area contributed by atoms with Crippen LogP contribution in [0.15, 0.2) is 4.42 Å². The third-order valence-corrected chi connectivity index (χ3v) is 5.12. The lowest BCUT2D eigenvalue weighted by Crippen LogP contribution is -2.67.